The molecule has 0 saturated heterocycles. The highest BCUT2D eigenvalue weighted by molar-refractivity contribution is 7.85. The maximum absolute atomic E-state index is 13.5. The van der Waals surface area contributed by atoms with Crippen LogP contribution in [0.25, 0.3) is 11.1 Å². The van der Waals surface area contributed by atoms with Gasteiger partial charge in [0.1, 0.15) is 5.75 Å². The standard InChI is InChI=1S/C35H40N4O6S/c1-25-8-5-12-33(26(25)2)45-20-7-13-34(40)39-19-4-3-9-31-30(10-6-11-32(31)39)29-22-37-38(24-29)23-27-14-16-28(17-15-27)35(41)36-18-21-46(42,43)44/h5-6,8,10-12,14-17,22,24H,3-4,7,9,13,18-21,23H2,1-2H3,(H,36,41)(H,42,43,44). The van der Waals surface area contributed by atoms with Gasteiger partial charge in [0.25, 0.3) is 16.0 Å². The predicted octanol–water partition coefficient (Wildman–Crippen LogP) is 5.36. The molecule has 2 heterocycles. The molecule has 5 rings (SSSR count). The van der Waals surface area contributed by atoms with Gasteiger partial charge in [-0.1, -0.05) is 36.4 Å². The number of nitrogens with one attached hydrogen (secondary N) is 1. The largest absolute Gasteiger partial charge is 0.493 e. The molecule has 2 amide bonds. The third kappa shape index (κ3) is 8.41. The number of hydrogen-bond acceptors (Lipinski definition) is 6. The maximum Gasteiger partial charge on any atom is 0.266 e. The molecule has 2 N–H and O–H groups in total. The summed E-state index contributed by atoms with van der Waals surface area (Å²) in [5.74, 6) is 0.0195. The third-order valence-electron chi connectivity index (χ3n) is 8.30. The molecule has 242 valence electrons. The quantitative estimate of drug-likeness (QED) is 0.157. The summed E-state index contributed by atoms with van der Waals surface area (Å²) in [7, 11) is -4.14. The molecule has 3 aromatic carbocycles. The van der Waals surface area contributed by atoms with Crippen LogP contribution in [-0.4, -0.2) is 60.0 Å². The zero-order chi connectivity index (χ0) is 32.7. The Morgan fingerprint density at radius 1 is 1.02 bits per heavy atom. The molecule has 1 aromatic heterocycles. The van der Waals surface area contributed by atoms with Crippen LogP contribution in [0, 0.1) is 13.8 Å². The molecule has 0 bridgehead atoms. The smallest absolute Gasteiger partial charge is 0.266 e. The van der Waals surface area contributed by atoms with E-state index in [-0.39, 0.29) is 12.5 Å². The second-order valence-corrected chi connectivity index (χ2v) is 13.2. The highest BCUT2D eigenvalue weighted by Gasteiger charge is 2.23. The number of rotatable bonds is 12. The Morgan fingerprint density at radius 2 is 1.80 bits per heavy atom. The molecule has 0 radical (unpaired) electrons. The molecule has 0 spiro atoms. The van der Waals surface area contributed by atoms with Crippen LogP contribution in [-0.2, 0) is 27.9 Å². The van der Waals surface area contributed by atoms with Gasteiger partial charge in [-0.25, -0.2) is 0 Å². The summed E-state index contributed by atoms with van der Waals surface area (Å²) in [6, 6.07) is 19.1. The van der Waals surface area contributed by atoms with E-state index in [1.807, 2.05) is 65.3 Å². The lowest BCUT2D eigenvalue weighted by Gasteiger charge is -2.24. The highest BCUT2D eigenvalue weighted by atomic mass is 32.2. The number of amides is 2. The van der Waals surface area contributed by atoms with Gasteiger partial charge in [-0.2, -0.15) is 13.5 Å². The van der Waals surface area contributed by atoms with Gasteiger partial charge in [-0.15, -0.1) is 0 Å². The Balaban J connectivity index is 1.22. The SMILES string of the molecule is Cc1cccc(OCCCC(=O)N2CCCCc3c(-c4cnn(Cc5ccc(C(=O)NCCS(=O)(=O)O)cc5)c4)cccc32)c1C. The third-order valence-corrected chi connectivity index (χ3v) is 9.02. The van der Waals surface area contributed by atoms with E-state index in [1.165, 1.54) is 5.56 Å². The van der Waals surface area contributed by atoms with Crippen molar-refractivity contribution in [2.45, 2.75) is 52.5 Å². The highest BCUT2D eigenvalue weighted by Crippen LogP contribution is 2.35. The van der Waals surface area contributed by atoms with Crippen molar-refractivity contribution in [3.05, 3.63) is 101 Å². The Labute approximate surface area is 270 Å². The van der Waals surface area contributed by atoms with E-state index in [2.05, 4.69) is 29.5 Å². The molecule has 0 atom stereocenters. The first kappa shape index (κ1) is 32.9. The fourth-order valence-electron chi connectivity index (χ4n) is 5.67. The Kier molecular flexibility index (Phi) is 10.5. The van der Waals surface area contributed by atoms with Crippen LogP contribution in [0.5, 0.6) is 5.75 Å². The van der Waals surface area contributed by atoms with Crippen molar-refractivity contribution in [3.8, 4) is 16.9 Å². The number of carbonyl (C=O) groups is 2. The molecule has 46 heavy (non-hydrogen) atoms. The fourth-order valence-corrected chi connectivity index (χ4v) is 6.03. The van der Waals surface area contributed by atoms with Crippen molar-refractivity contribution < 1.29 is 27.3 Å². The lowest BCUT2D eigenvalue weighted by Crippen LogP contribution is -2.31. The summed E-state index contributed by atoms with van der Waals surface area (Å²) in [4.78, 5) is 27.7. The number of nitrogens with zero attached hydrogens (tertiary/aromatic N) is 3. The second kappa shape index (κ2) is 14.7. The van der Waals surface area contributed by atoms with Crippen LogP contribution in [0.3, 0.4) is 0 Å². The van der Waals surface area contributed by atoms with Gasteiger partial charge in [0.15, 0.2) is 0 Å². The first-order valence-electron chi connectivity index (χ1n) is 15.6. The van der Waals surface area contributed by atoms with Crippen molar-refractivity contribution in [3.63, 3.8) is 0 Å². The number of ether oxygens (including phenoxy) is 1. The Morgan fingerprint density at radius 3 is 2.59 bits per heavy atom. The molecular formula is C35H40N4O6S. The van der Waals surface area contributed by atoms with Crippen LogP contribution in [0.15, 0.2) is 73.1 Å². The van der Waals surface area contributed by atoms with Crippen LogP contribution in [0.1, 0.15) is 58.3 Å². The first-order valence-corrected chi connectivity index (χ1v) is 17.2. The minimum Gasteiger partial charge on any atom is -0.493 e. The van der Waals surface area contributed by atoms with Crippen molar-refractivity contribution in [1.82, 2.24) is 15.1 Å². The van der Waals surface area contributed by atoms with E-state index in [0.29, 0.717) is 38.1 Å². The molecule has 0 unspecified atom stereocenters. The van der Waals surface area contributed by atoms with E-state index in [1.54, 1.807) is 12.1 Å². The van der Waals surface area contributed by atoms with E-state index >= 15 is 0 Å². The van der Waals surface area contributed by atoms with Gasteiger partial charge in [0.2, 0.25) is 5.91 Å². The summed E-state index contributed by atoms with van der Waals surface area (Å²) in [6.45, 7) is 5.62. The van der Waals surface area contributed by atoms with E-state index in [9.17, 15) is 18.0 Å². The minimum atomic E-state index is -4.14. The Bertz CT molecular complexity index is 1800. The van der Waals surface area contributed by atoms with Crippen LogP contribution in [0.4, 0.5) is 5.69 Å². The zero-order valence-electron chi connectivity index (χ0n) is 26.2. The molecule has 10 nitrogen and oxygen atoms in total. The number of carbonyl (C=O) groups excluding carboxylic acids is 2. The summed E-state index contributed by atoms with van der Waals surface area (Å²) >= 11 is 0. The van der Waals surface area contributed by atoms with Gasteiger partial charge in [-0.3, -0.25) is 18.8 Å². The molecule has 4 aromatic rings. The van der Waals surface area contributed by atoms with Gasteiger partial charge >= 0.3 is 0 Å². The summed E-state index contributed by atoms with van der Waals surface area (Å²) in [5, 5.41) is 7.07. The fraction of sp³-hybridized carbons (Fsp3) is 0.343. The summed E-state index contributed by atoms with van der Waals surface area (Å²) in [5.41, 5.74) is 7.81. The molecule has 0 saturated carbocycles. The molecule has 0 fully saturated rings. The minimum absolute atomic E-state index is 0.108. The van der Waals surface area contributed by atoms with Crippen molar-refractivity contribution in [1.29, 1.82) is 0 Å². The average Bonchev–Trinajstić information content (AvgIpc) is 3.37. The summed E-state index contributed by atoms with van der Waals surface area (Å²) < 4.78 is 38.4. The lowest BCUT2D eigenvalue weighted by atomic mass is 9.97. The molecule has 0 aliphatic carbocycles. The van der Waals surface area contributed by atoms with E-state index < -0.39 is 21.8 Å². The maximum atomic E-state index is 13.5. The van der Waals surface area contributed by atoms with E-state index in [0.717, 1.165) is 58.5 Å². The first-order chi connectivity index (χ1) is 22.1. The van der Waals surface area contributed by atoms with Crippen LogP contribution >= 0.6 is 0 Å². The molecule has 1 aliphatic heterocycles. The molecule has 11 heteroatoms. The average molecular weight is 645 g/mol. The normalized spacial score (nSPS) is 13.2. The predicted molar refractivity (Wildman–Crippen MR) is 178 cm³/mol. The van der Waals surface area contributed by atoms with Crippen molar-refractivity contribution in [2.24, 2.45) is 0 Å². The van der Waals surface area contributed by atoms with Crippen LogP contribution in [0.2, 0.25) is 0 Å². The Hall–Kier alpha value is -4.48. The van der Waals surface area contributed by atoms with Crippen LogP contribution < -0.4 is 15.0 Å². The number of fused-ring (bicyclic) bond motifs is 1. The zero-order valence-corrected chi connectivity index (χ0v) is 27.1. The number of anilines is 1. The topological polar surface area (TPSA) is 131 Å². The molecular weight excluding hydrogens is 604 g/mol. The van der Waals surface area contributed by atoms with Gasteiger partial charge in [0, 0.05) is 42.5 Å². The second-order valence-electron chi connectivity index (χ2n) is 11.6. The molecule has 1 aliphatic rings. The van der Waals surface area contributed by atoms with E-state index in [4.69, 9.17) is 9.29 Å². The number of aryl methyl sites for hydroxylation is 1. The summed E-state index contributed by atoms with van der Waals surface area (Å²) in [6.07, 6.45) is 7.70. The van der Waals surface area contributed by atoms with Crippen molar-refractivity contribution >= 4 is 27.6 Å². The number of benzene rings is 3. The van der Waals surface area contributed by atoms with Gasteiger partial charge in [0.05, 0.1) is 25.1 Å². The monoisotopic (exact) mass is 644 g/mol. The lowest BCUT2D eigenvalue weighted by molar-refractivity contribution is -0.118. The van der Waals surface area contributed by atoms with Gasteiger partial charge < -0.3 is 15.0 Å². The van der Waals surface area contributed by atoms with Gasteiger partial charge in [-0.05, 0) is 91.6 Å². The number of hydrogen-bond donors (Lipinski definition) is 2. The number of aromatic nitrogens is 2. The van der Waals surface area contributed by atoms with Crippen molar-refractivity contribution in [2.75, 3.05) is 30.3 Å².